The molecule has 3 heterocycles. The minimum atomic E-state index is 0.350. The molecule has 0 N–H and O–H groups in total. The maximum atomic E-state index is 7.08. The van der Waals surface area contributed by atoms with Crippen LogP contribution in [0.5, 0.6) is 0 Å². The Bertz CT molecular complexity index is 1100. The van der Waals surface area contributed by atoms with Crippen molar-refractivity contribution in [2.75, 3.05) is 0 Å². The summed E-state index contributed by atoms with van der Waals surface area (Å²) in [7, 11) is 2.03. The van der Waals surface area contributed by atoms with Crippen LogP contribution in [0.25, 0.3) is 38.2 Å². The predicted octanol–water partition coefficient (Wildman–Crippen LogP) is 4.33. The summed E-state index contributed by atoms with van der Waals surface area (Å²) in [5.74, 6) is 0.350. The Labute approximate surface area is 133 Å². The highest BCUT2D eigenvalue weighted by Gasteiger charge is 2.17. The van der Waals surface area contributed by atoms with Gasteiger partial charge >= 0.3 is 5.71 Å². The predicted molar refractivity (Wildman–Crippen MR) is 89.1 cm³/mol. The molecule has 4 aromatic rings. The SMILES string of the molecule is [C-]#[N+]c1ccc2c(n1)oc1cc(-c3cccc[n+]3C)c(C)cc12. The van der Waals surface area contributed by atoms with E-state index in [4.69, 9.17) is 11.0 Å². The van der Waals surface area contributed by atoms with Gasteiger partial charge < -0.3 is 9.26 Å². The molecule has 0 unspecified atom stereocenters. The van der Waals surface area contributed by atoms with Gasteiger partial charge in [0.2, 0.25) is 5.69 Å². The van der Waals surface area contributed by atoms with Gasteiger partial charge in [0.05, 0.1) is 10.9 Å². The summed E-state index contributed by atoms with van der Waals surface area (Å²) >= 11 is 0. The molecule has 0 bridgehead atoms. The van der Waals surface area contributed by atoms with E-state index in [-0.39, 0.29) is 0 Å². The zero-order valence-electron chi connectivity index (χ0n) is 12.9. The first-order valence-electron chi connectivity index (χ1n) is 7.34. The summed E-state index contributed by atoms with van der Waals surface area (Å²) in [4.78, 5) is 7.62. The lowest BCUT2D eigenvalue weighted by atomic mass is 10.0. The molecule has 0 amide bonds. The zero-order chi connectivity index (χ0) is 16.0. The molecule has 23 heavy (non-hydrogen) atoms. The van der Waals surface area contributed by atoms with Gasteiger partial charge in [0.15, 0.2) is 6.20 Å². The second-order valence-electron chi connectivity index (χ2n) is 5.60. The van der Waals surface area contributed by atoms with Crippen LogP contribution >= 0.6 is 0 Å². The van der Waals surface area contributed by atoms with Crippen molar-refractivity contribution in [3.8, 4) is 11.3 Å². The number of aromatic nitrogens is 2. The first-order chi connectivity index (χ1) is 11.2. The van der Waals surface area contributed by atoms with Crippen LogP contribution in [0, 0.1) is 13.5 Å². The fourth-order valence-corrected chi connectivity index (χ4v) is 2.94. The average molecular weight is 300 g/mol. The quantitative estimate of drug-likeness (QED) is 0.387. The van der Waals surface area contributed by atoms with Gasteiger partial charge in [-0.05, 0) is 36.8 Å². The molecule has 0 spiro atoms. The van der Waals surface area contributed by atoms with Gasteiger partial charge in [-0.15, -0.1) is 0 Å². The first-order valence-corrected chi connectivity index (χ1v) is 7.34. The number of aryl methyl sites for hydroxylation is 2. The summed E-state index contributed by atoms with van der Waals surface area (Å²) in [6, 6.07) is 13.9. The smallest absolute Gasteiger partial charge is 0.322 e. The number of rotatable bonds is 1. The van der Waals surface area contributed by atoms with Crippen molar-refractivity contribution in [1.29, 1.82) is 0 Å². The lowest BCUT2D eigenvalue weighted by Crippen LogP contribution is -2.30. The van der Waals surface area contributed by atoms with E-state index in [1.54, 1.807) is 6.07 Å². The van der Waals surface area contributed by atoms with E-state index < -0.39 is 0 Å². The number of pyridine rings is 2. The van der Waals surface area contributed by atoms with Crippen molar-refractivity contribution >= 4 is 27.9 Å². The monoisotopic (exact) mass is 300 g/mol. The number of benzene rings is 1. The van der Waals surface area contributed by atoms with Gasteiger partial charge in [-0.2, -0.15) is 0 Å². The molecule has 4 nitrogen and oxygen atoms in total. The van der Waals surface area contributed by atoms with Crippen molar-refractivity contribution in [3.05, 3.63) is 65.6 Å². The zero-order valence-corrected chi connectivity index (χ0v) is 12.9. The topological polar surface area (TPSA) is 34.3 Å². The molecule has 4 rings (SSSR count). The van der Waals surface area contributed by atoms with E-state index >= 15 is 0 Å². The molecular weight excluding hydrogens is 286 g/mol. The fraction of sp³-hybridized carbons (Fsp3) is 0.105. The summed E-state index contributed by atoms with van der Waals surface area (Å²) < 4.78 is 7.98. The second kappa shape index (κ2) is 4.92. The van der Waals surface area contributed by atoms with Crippen LogP contribution < -0.4 is 4.57 Å². The highest BCUT2D eigenvalue weighted by molar-refractivity contribution is 6.05. The minimum Gasteiger partial charge on any atom is -0.420 e. The Morgan fingerprint density at radius 3 is 2.78 bits per heavy atom. The Hall–Kier alpha value is -3.19. The van der Waals surface area contributed by atoms with Crippen LogP contribution in [-0.2, 0) is 7.05 Å². The molecule has 3 aromatic heterocycles. The lowest BCUT2D eigenvalue weighted by Gasteiger charge is -2.04. The van der Waals surface area contributed by atoms with Gasteiger partial charge in [0.1, 0.15) is 12.6 Å². The summed E-state index contributed by atoms with van der Waals surface area (Å²) in [5.41, 5.74) is 4.74. The Morgan fingerprint density at radius 1 is 1.13 bits per heavy atom. The first kappa shape index (κ1) is 13.5. The summed E-state index contributed by atoms with van der Waals surface area (Å²) in [6.07, 6.45) is 2.03. The van der Waals surface area contributed by atoms with Crippen LogP contribution in [0.2, 0.25) is 0 Å². The average Bonchev–Trinajstić information content (AvgIpc) is 2.91. The van der Waals surface area contributed by atoms with Gasteiger partial charge in [-0.1, -0.05) is 17.6 Å². The van der Waals surface area contributed by atoms with E-state index in [9.17, 15) is 0 Å². The molecule has 0 fully saturated rings. The third kappa shape index (κ3) is 2.06. The van der Waals surface area contributed by atoms with E-state index in [0.29, 0.717) is 11.5 Å². The minimum absolute atomic E-state index is 0.350. The number of nitrogens with zero attached hydrogens (tertiary/aromatic N) is 3. The van der Waals surface area contributed by atoms with Crippen LogP contribution in [0.3, 0.4) is 0 Å². The Kier molecular flexibility index (Phi) is 2.88. The standard InChI is InChI=1S/C19H14N3O/c1-12-10-15-13-7-8-18(20-2)21-19(13)23-17(15)11-14(12)16-6-4-5-9-22(16)3/h4-11H,1,3H3/q+1. The van der Waals surface area contributed by atoms with Crippen molar-refractivity contribution < 1.29 is 8.98 Å². The molecule has 0 aliphatic carbocycles. The largest absolute Gasteiger partial charge is 0.420 e. The van der Waals surface area contributed by atoms with Gasteiger partial charge in [0, 0.05) is 17.5 Å². The summed E-state index contributed by atoms with van der Waals surface area (Å²) in [5, 5.41) is 1.98. The number of hydrogen-bond donors (Lipinski definition) is 0. The number of fused-ring (bicyclic) bond motifs is 3. The van der Waals surface area contributed by atoms with Crippen LogP contribution in [0.4, 0.5) is 5.82 Å². The van der Waals surface area contributed by atoms with Gasteiger partial charge in [-0.3, -0.25) is 0 Å². The lowest BCUT2D eigenvalue weighted by molar-refractivity contribution is -0.660. The third-order valence-corrected chi connectivity index (χ3v) is 4.11. The van der Waals surface area contributed by atoms with E-state index in [0.717, 1.165) is 27.6 Å². The molecule has 110 valence electrons. The van der Waals surface area contributed by atoms with E-state index in [2.05, 4.69) is 39.5 Å². The van der Waals surface area contributed by atoms with Gasteiger partial charge in [0.25, 0.3) is 5.82 Å². The highest BCUT2D eigenvalue weighted by Crippen LogP contribution is 2.33. The summed E-state index contributed by atoms with van der Waals surface area (Å²) in [6.45, 7) is 9.17. The second-order valence-corrected chi connectivity index (χ2v) is 5.60. The molecule has 0 atom stereocenters. The van der Waals surface area contributed by atoms with Crippen LogP contribution in [0.1, 0.15) is 5.56 Å². The molecule has 0 aliphatic rings. The Balaban J connectivity index is 2.03. The normalized spacial score (nSPS) is 11.0. The fourth-order valence-electron chi connectivity index (χ4n) is 2.94. The van der Waals surface area contributed by atoms with Crippen molar-refractivity contribution in [2.45, 2.75) is 6.92 Å². The molecule has 1 aromatic carbocycles. The molecular formula is C19H14N3O+. The third-order valence-electron chi connectivity index (χ3n) is 4.11. The highest BCUT2D eigenvalue weighted by atomic mass is 16.3. The number of furan rings is 1. The van der Waals surface area contributed by atoms with E-state index in [1.807, 2.05) is 31.4 Å². The molecule has 0 radical (unpaired) electrons. The van der Waals surface area contributed by atoms with Crippen molar-refractivity contribution in [2.24, 2.45) is 7.05 Å². The maximum Gasteiger partial charge on any atom is 0.322 e. The maximum absolute atomic E-state index is 7.08. The molecule has 0 saturated heterocycles. The van der Waals surface area contributed by atoms with Gasteiger partial charge in [-0.25, -0.2) is 4.57 Å². The van der Waals surface area contributed by atoms with Crippen molar-refractivity contribution in [1.82, 2.24) is 4.98 Å². The van der Waals surface area contributed by atoms with Crippen molar-refractivity contribution in [3.63, 3.8) is 0 Å². The van der Waals surface area contributed by atoms with Crippen LogP contribution in [0.15, 0.2) is 53.1 Å². The molecule has 0 aliphatic heterocycles. The number of hydrogen-bond acceptors (Lipinski definition) is 2. The Morgan fingerprint density at radius 2 is 2.00 bits per heavy atom. The van der Waals surface area contributed by atoms with Crippen LogP contribution in [-0.4, -0.2) is 4.98 Å². The van der Waals surface area contributed by atoms with E-state index in [1.165, 1.54) is 5.56 Å². The molecule has 0 saturated carbocycles. The molecule has 4 heteroatoms.